The first kappa shape index (κ1) is 19.6. The van der Waals surface area contributed by atoms with E-state index in [1.165, 1.54) is 12.1 Å². The lowest BCUT2D eigenvalue weighted by Gasteiger charge is -2.20. The van der Waals surface area contributed by atoms with Gasteiger partial charge in [-0.15, -0.1) is 24.0 Å². The SMILES string of the molecule is CN=C(NCC1CCN(c2ccc(Br)cc2)C1)NC1CC=CC1.I. The highest BCUT2D eigenvalue weighted by Crippen LogP contribution is 2.24. The van der Waals surface area contributed by atoms with Crippen molar-refractivity contribution < 1.29 is 0 Å². The van der Waals surface area contributed by atoms with Gasteiger partial charge in [-0.2, -0.15) is 0 Å². The number of nitrogens with one attached hydrogen (secondary N) is 2. The van der Waals surface area contributed by atoms with E-state index in [1.807, 2.05) is 7.05 Å². The van der Waals surface area contributed by atoms with Crippen LogP contribution in [0.3, 0.4) is 0 Å². The third kappa shape index (κ3) is 5.37. The molecule has 0 saturated carbocycles. The molecule has 24 heavy (non-hydrogen) atoms. The number of anilines is 1. The van der Waals surface area contributed by atoms with Crippen LogP contribution < -0.4 is 15.5 Å². The molecule has 0 spiro atoms. The molecule has 1 fully saturated rings. The smallest absolute Gasteiger partial charge is 0.191 e. The molecule has 1 aliphatic heterocycles. The first-order chi connectivity index (χ1) is 11.2. The summed E-state index contributed by atoms with van der Waals surface area (Å²) in [7, 11) is 1.85. The van der Waals surface area contributed by atoms with Gasteiger partial charge in [-0.05, 0) is 49.4 Å². The third-order valence-electron chi connectivity index (χ3n) is 4.61. The molecule has 2 N–H and O–H groups in total. The van der Waals surface area contributed by atoms with Crippen LogP contribution in [-0.4, -0.2) is 38.7 Å². The van der Waals surface area contributed by atoms with Crippen LogP contribution >= 0.6 is 39.9 Å². The van der Waals surface area contributed by atoms with E-state index in [-0.39, 0.29) is 24.0 Å². The molecule has 1 heterocycles. The van der Waals surface area contributed by atoms with Crippen molar-refractivity contribution in [3.05, 3.63) is 40.9 Å². The molecule has 1 aromatic rings. The number of hydrogen-bond acceptors (Lipinski definition) is 2. The standard InChI is InChI=1S/C18H25BrN4.HI/c1-20-18(22-16-4-2-3-5-16)21-12-14-10-11-23(13-14)17-8-6-15(19)7-9-17;/h2-3,6-9,14,16H,4-5,10-13H2,1H3,(H2,20,21,22);1H. The fraction of sp³-hybridized carbons (Fsp3) is 0.500. The Morgan fingerprint density at radius 2 is 1.96 bits per heavy atom. The number of halogens is 2. The molecule has 0 bridgehead atoms. The third-order valence-corrected chi connectivity index (χ3v) is 5.14. The maximum Gasteiger partial charge on any atom is 0.191 e. The minimum absolute atomic E-state index is 0. The summed E-state index contributed by atoms with van der Waals surface area (Å²) in [5.74, 6) is 1.60. The Hall–Kier alpha value is -0.760. The van der Waals surface area contributed by atoms with Gasteiger partial charge in [0.25, 0.3) is 0 Å². The number of hydrogen-bond donors (Lipinski definition) is 2. The summed E-state index contributed by atoms with van der Waals surface area (Å²) >= 11 is 3.50. The van der Waals surface area contributed by atoms with Crippen molar-refractivity contribution in [1.29, 1.82) is 0 Å². The number of aliphatic imine (C=N–C) groups is 1. The zero-order chi connectivity index (χ0) is 16.1. The molecule has 3 rings (SSSR count). The van der Waals surface area contributed by atoms with Gasteiger partial charge in [-0.3, -0.25) is 4.99 Å². The van der Waals surface area contributed by atoms with E-state index in [2.05, 4.69) is 72.9 Å². The van der Waals surface area contributed by atoms with Crippen LogP contribution in [0.2, 0.25) is 0 Å². The maximum atomic E-state index is 4.35. The Labute approximate surface area is 170 Å². The minimum atomic E-state index is 0. The molecular weight excluding hydrogens is 479 g/mol. The second-order valence-electron chi connectivity index (χ2n) is 6.31. The summed E-state index contributed by atoms with van der Waals surface area (Å²) in [6.45, 7) is 3.22. The highest BCUT2D eigenvalue weighted by molar-refractivity contribution is 14.0. The van der Waals surface area contributed by atoms with E-state index in [0.717, 1.165) is 42.9 Å². The second kappa shape index (κ2) is 9.65. The molecule has 132 valence electrons. The second-order valence-corrected chi connectivity index (χ2v) is 7.23. The zero-order valence-electron chi connectivity index (χ0n) is 14.0. The number of guanidine groups is 1. The predicted octanol–water partition coefficient (Wildman–Crippen LogP) is 3.78. The van der Waals surface area contributed by atoms with E-state index in [0.29, 0.717) is 12.0 Å². The number of nitrogens with zero attached hydrogens (tertiary/aromatic N) is 2. The van der Waals surface area contributed by atoms with Gasteiger partial charge in [0, 0.05) is 42.9 Å². The van der Waals surface area contributed by atoms with Crippen molar-refractivity contribution in [2.24, 2.45) is 10.9 Å². The summed E-state index contributed by atoms with van der Waals surface area (Å²) in [6.07, 6.45) is 7.89. The fourth-order valence-electron chi connectivity index (χ4n) is 3.25. The molecule has 1 saturated heterocycles. The quantitative estimate of drug-likeness (QED) is 0.284. The van der Waals surface area contributed by atoms with E-state index in [1.54, 1.807) is 0 Å². The Morgan fingerprint density at radius 3 is 2.62 bits per heavy atom. The van der Waals surface area contributed by atoms with Crippen LogP contribution in [-0.2, 0) is 0 Å². The van der Waals surface area contributed by atoms with Gasteiger partial charge in [0.1, 0.15) is 0 Å². The van der Waals surface area contributed by atoms with Crippen molar-refractivity contribution in [1.82, 2.24) is 10.6 Å². The largest absolute Gasteiger partial charge is 0.371 e. The Morgan fingerprint density at radius 1 is 1.25 bits per heavy atom. The average molecular weight is 505 g/mol. The molecule has 2 aliphatic rings. The Balaban J connectivity index is 0.00000208. The molecule has 1 atom stereocenters. The van der Waals surface area contributed by atoms with Crippen molar-refractivity contribution in [2.75, 3.05) is 31.6 Å². The summed E-state index contributed by atoms with van der Waals surface area (Å²) in [5.41, 5.74) is 1.32. The topological polar surface area (TPSA) is 39.7 Å². The van der Waals surface area contributed by atoms with E-state index < -0.39 is 0 Å². The van der Waals surface area contributed by atoms with Crippen LogP contribution in [0, 0.1) is 5.92 Å². The molecule has 1 aromatic carbocycles. The summed E-state index contributed by atoms with van der Waals surface area (Å²) < 4.78 is 1.13. The highest BCUT2D eigenvalue weighted by atomic mass is 127. The first-order valence-electron chi connectivity index (χ1n) is 8.37. The van der Waals surface area contributed by atoms with Crippen LogP contribution in [0.15, 0.2) is 45.9 Å². The molecule has 0 aromatic heterocycles. The molecule has 6 heteroatoms. The van der Waals surface area contributed by atoms with E-state index in [4.69, 9.17) is 0 Å². The van der Waals surface area contributed by atoms with Gasteiger partial charge in [0.05, 0.1) is 0 Å². The fourth-order valence-corrected chi connectivity index (χ4v) is 3.51. The first-order valence-corrected chi connectivity index (χ1v) is 9.16. The molecule has 4 nitrogen and oxygen atoms in total. The average Bonchev–Trinajstić information content (AvgIpc) is 3.24. The lowest BCUT2D eigenvalue weighted by molar-refractivity contribution is 0.555. The van der Waals surface area contributed by atoms with Crippen molar-refractivity contribution in [3.63, 3.8) is 0 Å². The molecule has 1 aliphatic carbocycles. The Kier molecular flexibility index (Phi) is 7.87. The van der Waals surface area contributed by atoms with Crippen molar-refractivity contribution in [2.45, 2.75) is 25.3 Å². The predicted molar refractivity (Wildman–Crippen MR) is 117 cm³/mol. The maximum absolute atomic E-state index is 4.35. The molecule has 0 radical (unpaired) electrons. The van der Waals surface area contributed by atoms with E-state index >= 15 is 0 Å². The van der Waals surface area contributed by atoms with Crippen molar-refractivity contribution >= 4 is 51.6 Å². The summed E-state index contributed by atoms with van der Waals surface area (Å²) in [4.78, 5) is 6.82. The van der Waals surface area contributed by atoms with Gasteiger partial charge in [0.15, 0.2) is 5.96 Å². The Bertz CT molecular complexity index is 565. The molecule has 0 amide bonds. The molecule has 1 unspecified atom stereocenters. The van der Waals surface area contributed by atoms with Crippen molar-refractivity contribution in [3.8, 4) is 0 Å². The van der Waals surface area contributed by atoms with E-state index in [9.17, 15) is 0 Å². The normalized spacial score (nSPS) is 21.0. The summed E-state index contributed by atoms with van der Waals surface area (Å²) in [5, 5.41) is 6.99. The lowest BCUT2D eigenvalue weighted by atomic mass is 10.1. The van der Waals surface area contributed by atoms with Gasteiger partial charge >= 0.3 is 0 Å². The van der Waals surface area contributed by atoms with Crippen LogP contribution in [0.1, 0.15) is 19.3 Å². The highest BCUT2D eigenvalue weighted by Gasteiger charge is 2.23. The summed E-state index contributed by atoms with van der Waals surface area (Å²) in [6, 6.07) is 9.11. The van der Waals surface area contributed by atoms with Gasteiger partial charge in [-0.25, -0.2) is 0 Å². The zero-order valence-corrected chi connectivity index (χ0v) is 18.0. The van der Waals surface area contributed by atoms with Crippen LogP contribution in [0.4, 0.5) is 5.69 Å². The lowest BCUT2D eigenvalue weighted by Crippen LogP contribution is -2.44. The van der Waals surface area contributed by atoms with Crippen LogP contribution in [0.5, 0.6) is 0 Å². The minimum Gasteiger partial charge on any atom is -0.371 e. The van der Waals surface area contributed by atoms with Gasteiger partial charge in [0.2, 0.25) is 0 Å². The number of rotatable bonds is 4. The number of benzene rings is 1. The van der Waals surface area contributed by atoms with Gasteiger partial charge in [-0.1, -0.05) is 28.1 Å². The van der Waals surface area contributed by atoms with Gasteiger partial charge < -0.3 is 15.5 Å². The monoisotopic (exact) mass is 504 g/mol. The molecular formula is C18H26BrIN4. The van der Waals surface area contributed by atoms with Crippen LogP contribution in [0.25, 0.3) is 0 Å².